The van der Waals surface area contributed by atoms with Gasteiger partial charge in [-0.3, -0.25) is 0 Å². The minimum Gasteiger partial charge on any atom is -0.388 e. The summed E-state index contributed by atoms with van der Waals surface area (Å²) in [5.74, 6) is 0. The highest BCUT2D eigenvalue weighted by molar-refractivity contribution is 5.47. The van der Waals surface area contributed by atoms with E-state index in [9.17, 15) is 5.11 Å². The van der Waals surface area contributed by atoms with Gasteiger partial charge in [-0.15, -0.1) is 0 Å². The number of rotatable bonds is 7. The van der Waals surface area contributed by atoms with Gasteiger partial charge in [-0.1, -0.05) is 19.1 Å². The minimum absolute atomic E-state index is 0.335. The summed E-state index contributed by atoms with van der Waals surface area (Å²) in [5.41, 5.74) is 2.21. The van der Waals surface area contributed by atoms with Crippen molar-refractivity contribution in [3.8, 4) is 0 Å². The lowest BCUT2D eigenvalue weighted by molar-refractivity contribution is 0.173. The lowest BCUT2D eigenvalue weighted by Crippen LogP contribution is -2.23. The molecule has 1 aromatic carbocycles. The van der Waals surface area contributed by atoms with Gasteiger partial charge < -0.3 is 14.9 Å². The molecule has 3 nitrogen and oxygen atoms in total. The molecule has 1 rings (SSSR count). The molecule has 0 aromatic heterocycles. The lowest BCUT2D eigenvalue weighted by atomic mass is 10.1. The zero-order valence-electron chi connectivity index (χ0n) is 12.1. The molecule has 0 amide bonds. The Balaban J connectivity index is 2.51. The highest BCUT2D eigenvalue weighted by Gasteiger charge is 2.05. The molecule has 1 N–H and O–H groups in total. The van der Waals surface area contributed by atoms with Crippen LogP contribution in [0.4, 0.5) is 5.69 Å². The summed E-state index contributed by atoms with van der Waals surface area (Å²) < 4.78 is 0. The van der Waals surface area contributed by atoms with Crippen LogP contribution in [0, 0.1) is 0 Å². The highest BCUT2D eigenvalue weighted by Crippen LogP contribution is 2.20. The van der Waals surface area contributed by atoms with Gasteiger partial charge in [0.1, 0.15) is 0 Å². The van der Waals surface area contributed by atoms with E-state index in [2.05, 4.69) is 43.1 Å². The molecule has 0 heterocycles. The third-order valence-electron chi connectivity index (χ3n) is 3.20. The monoisotopic (exact) mass is 250 g/mol. The maximum absolute atomic E-state index is 9.74. The Hall–Kier alpha value is -1.06. The normalized spacial score (nSPS) is 12.8. The third-order valence-corrected chi connectivity index (χ3v) is 3.20. The Bertz CT molecular complexity index is 335. The molecule has 1 aromatic rings. The fourth-order valence-electron chi connectivity index (χ4n) is 1.94. The number of benzene rings is 1. The van der Waals surface area contributed by atoms with Crippen molar-refractivity contribution in [2.75, 3.05) is 39.1 Å². The maximum Gasteiger partial charge on any atom is 0.0787 e. The second kappa shape index (κ2) is 7.39. The molecular weight excluding hydrogens is 224 g/mol. The predicted octanol–water partition coefficient (Wildman–Crippen LogP) is 2.52. The van der Waals surface area contributed by atoms with Crippen LogP contribution >= 0.6 is 0 Å². The highest BCUT2D eigenvalue weighted by atomic mass is 16.3. The largest absolute Gasteiger partial charge is 0.388 e. The van der Waals surface area contributed by atoms with E-state index in [4.69, 9.17) is 0 Å². The van der Waals surface area contributed by atoms with E-state index in [1.807, 2.05) is 19.1 Å². The summed E-state index contributed by atoms with van der Waals surface area (Å²) in [6.45, 7) is 4.15. The van der Waals surface area contributed by atoms with Crippen molar-refractivity contribution in [1.82, 2.24) is 4.90 Å². The zero-order chi connectivity index (χ0) is 13.5. The fourth-order valence-corrected chi connectivity index (χ4v) is 1.94. The van der Waals surface area contributed by atoms with Crippen molar-refractivity contribution < 1.29 is 5.11 Å². The van der Waals surface area contributed by atoms with E-state index < -0.39 is 0 Å². The molecule has 0 aliphatic heterocycles. The van der Waals surface area contributed by atoms with Gasteiger partial charge >= 0.3 is 0 Å². The summed E-state index contributed by atoms with van der Waals surface area (Å²) in [5, 5.41) is 9.74. The van der Waals surface area contributed by atoms with Gasteiger partial charge in [0.25, 0.3) is 0 Å². The van der Waals surface area contributed by atoms with E-state index in [1.165, 1.54) is 5.69 Å². The summed E-state index contributed by atoms with van der Waals surface area (Å²) in [6.07, 6.45) is 1.58. The number of aliphatic hydroxyl groups is 1. The average molecular weight is 250 g/mol. The van der Waals surface area contributed by atoms with Crippen LogP contribution in [0.25, 0.3) is 0 Å². The van der Waals surface area contributed by atoms with Crippen molar-refractivity contribution in [1.29, 1.82) is 0 Å². The van der Waals surface area contributed by atoms with Crippen LogP contribution < -0.4 is 4.90 Å². The van der Waals surface area contributed by atoms with Gasteiger partial charge in [-0.2, -0.15) is 0 Å². The first kappa shape index (κ1) is 15.0. The van der Waals surface area contributed by atoms with Gasteiger partial charge in [0.15, 0.2) is 0 Å². The van der Waals surface area contributed by atoms with Gasteiger partial charge in [-0.05, 0) is 51.2 Å². The maximum atomic E-state index is 9.74. The predicted molar refractivity (Wildman–Crippen MR) is 78.1 cm³/mol. The SMILES string of the molecule is CCC(O)c1ccc(N(C)CCCN(C)C)cc1. The Kier molecular flexibility index (Phi) is 6.16. The number of hydrogen-bond acceptors (Lipinski definition) is 3. The van der Waals surface area contributed by atoms with Crippen molar-refractivity contribution in [2.24, 2.45) is 0 Å². The van der Waals surface area contributed by atoms with Gasteiger partial charge in [0, 0.05) is 19.3 Å². The second-order valence-electron chi connectivity index (χ2n) is 5.09. The molecule has 1 unspecified atom stereocenters. The van der Waals surface area contributed by atoms with Crippen LogP contribution in [-0.2, 0) is 0 Å². The molecule has 0 bridgehead atoms. The first-order chi connectivity index (χ1) is 8.54. The van der Waals surface area contributed by atoms with Crippen LogP contribution in [-0.4, -0.2) is 44.2 Å². The molecule has 18 heavy (non-hydrogen) atoms. The van der Waals surface area contributed by atoms with Crippen molar-refractivity contribution >= 4 is 5.69 Å². The quantitative estimate of drug-likeness (QED) is 0.805. The Morgan fingerprint density at radius 2 is 1.67 bits per heavy atom. The molecule has 3 heteroatoms. The lowest BCUT2D eigenvalue weighted by Gasteiger charge is -2.21. The summed E-state index contributed by atoms with van der Waals surface area (Å²) in [7, 11) is 6.31. The Morgan fingerprint density at radius 1 is 1.06 bits per heavy atom. The Labute approximate surface area is 111 Å². The molecule has 0 radical (unpaired) electrons. The standard InChI is InChI=1S/C15H26N2O/c1-5-15(18)13-7-9-14(10-8-13)17(4)12-6-11-16(2)3/h7-10,15,18H,5-6,11-12H2,1-4H3. The smallest absolute Gasteiger partial charge is 0.0787 e. The molecule has 0 aliphatic carbocycles. The first-order valence-corrected chi connectivity index (χ1v) is 6.68. The summed E-state index contributed by atoms with van der Waals surface area (Å²) in [4.78, 5) is 4.46. The molecule has 0 aliphatic rings. The fraction of sp³-hybridized carbons (Fsp3) is 0.600. The van der Waals surface area contributed by atoms with E-state index in [-0.39, 0.29) is 6.10 Å². The van der Waals surface area contributed by atoms with E-state index in [1.54, 1.807) is 0 Å². The number of hydrogen-bond donors (Lipinski definition) is 1. The second-order valence-corrected chi connectivity index (χ2v) is 5.09. The van der Waals surface area contributed by atoms with E-state index in [0.29, 0.717) is 0 Å². The van der Waals surface area contributed by atoms with Crippen LogP contribution in [0.5, 0.6) is 0 Å². The van der Waals surface area contributed by atoms with Crippen molar-refractivity contribution in [3.63, 3.8) is 0 Å². The molecule has 1 atom stereocenters. The molecule has 0 saturated carbocycles. The van der Waals surface area contributed by atoms with Gasteiger partial charge in [0.05, 0.1) is 6.10 Å². The minimum atomic E-state index is -0.335. The van der Waals surface area contributed by atoms with Crippen molar-refractivity contribution in [2.45, 2.75) is 25.9 Å². The average Bonchev–Trinajstić information content (AvgIpc) is 2.37. The number of anilines is 1. The van der Waals surface area contributed by atoms with E-state index in [0.717, 1.165) is 31.5 Å². The van der Waals surface area contributed by atoms with Crippen LogP contribution in [0.15, 0.2) is 24.3 Å². The van der Waals surface area contributed by atoms with Gasteiger partial charge in [-0.25, -0.2) is 0 Å². The van der Waals surface area contributed by atoms with E-state index >= 15 is 0 Å². The molecule has 0 spiro atoms. The topological polar surface area (TPSA) is 26.7 Å². The molecule has 0 fully saturated rings. The first-order valence-electron chi connectivity index (χ1n) is 6.68. The Morgan fingerprint density at radius 3 is 2.17 bits per heavy atom. The molecule has 0 saturated heterocycles. The van der Waals surface area contributed by atoms with Crippen LogP contribution in [0.3, 0.4) is 0 Å². The summed E-state index contributed by atoms with van der Waals surface area (Å²) in [6, 6.07) is 8.21. The zero-order valence-corrected chi connectivity index (χ0v) is 12.1. The molecule has 102 valence electrons. The number of aliphatic hydroxyl groups excluding tert-OH is 1. The van der Waals surface area contributed by atoms with Crippen molar-refractivity contribution in [3.05, 3.63) is 29.8 Å². The van der Waals surface area contributed by atoms with Crippen LogP contribution in [0.2, 0.25) is 0 Å². The van der Waals surface area contributed by atoms with Crippen LogP contribution in [0.1, 0.15) is 31.4 Å². The molecular formula is C15H26N2O. The third kappa shape index (κ3) is 4.67. The van der Waals surface area contributed by atoms with Gasteiger partial charge in [0.2, 0.25) is 0 Å². The summed E-state index contributed by atoms with van der Waals surface area (Å²) >= 11 is 0. The number of nitrogens with zero attached hydrogens (tertiary/aromatic N) is 2.